The van der Waals surface area contributed by atoms with Crippen molar-refractivity contribution in [1.82, 2.24) is 4.98 Å². The van der Waals surface area contributed by atoms with E-state index >= 15 is 0 Å². The Morgan fingerprint density at radius 1 is 1.04 bits per heavy atom. The monoisotopic (exact) mass is 417 g/mol. The smallest absolute Gasteiger partial charge is 0.311 e. The molecule has 0 bridgehead atoms. The van der Waals surface area contributed by atoms with Gasteiger partial charge in [-0.3, -0.25) is 10.1 Å². The normalized spacial score (nSPS) is 10.5. The minimum Gasteiger partial charge on any atom is -0.383 e. The Bertz CT molecular complexity index is 1010. The van der Waals surface area contributed by atoms with Crippen molar-refractivity contribution in [2.75, 3.05) is 29.5 Å². The van der Waals surface area contributed by atoms with Gasteiger partial charge in [0.1, 0.15) is 5.82 Å². The van der Waals surface area contributed by atoms with Gasteiger partial charge >= 0.3 is 5.69 Å². The van der Waals surface area contributed by atoms with Gasteiger partial charge in [0.25, 0.3) is 0 Å². The highest BCUT2D eigenvalue weighted by atomic mass is 35.5. The van der Waals surface area contributed by atoms with Crippen molar-refractivity contribution < 1.29 is 4.92 Å². The topological polar surface area (TPSA) is 106 Å². The largest absolute Gasteiger partial charge is 0.383 e. The van der Waals surface area contributed by atoms with Crippen molar-refractivity contribution in [3.63, 3.8) is 0 Å². The summed E-state index contributed by atoms with van der Waals surface area (Å²) in [5.41, 5.74) is 8.19. The van der Waals surface area contributed by atoms with Crippen molar-refractivity contribution in [2.45, 2.75) is 0 Å². The van der Waals surface area contributed by atoms with Gasteiger partial charge in [0, 0.05) is 40.5 Å². The SMILES string of the molecule is Nc1nc(NCCNc2cccc(-c3ccc(Cl)cc3Cl)c2)ccc1[N+](=O)[O-]. The molecule has 0 aliphatic heterocycles. The number of nitrogens with one attached hydrogen (secondary N) is 2. The molecule has 0 saturated carbocycles. The summed E-state index contributed by atoms with van der Waals surface area (Å²) in [6.07, 6.45) is 0. The van der Waals surface area contributed by atoms with E-state index in [2.05, 4.69) is 15.6 Å². The molecular formula is C19H17Cl2N5O2. The van der Waals surface area contributed by atoms with Gasteiger partial charge in [-0.2, -0.15) is 0 Å². The Balaban J connectivity index is 1.58. The molecule has 0 fully saturated rings. The summed E-state index contributed by atoms with van der Waals surface area (Å²) in [5.74, 6) is 0.363. The number of halogens is 2. The molecule has 0 aliphatic carbocycles. The average Bonchev–Trinajstić information content (AvgIpc) is 2.65. The van der Waals surface area contributed by atoms with Crippen LogP contribution in [0.2, 0.25) is 10.0 Å². The van der Waals surface area contributed by atoms with Crippen LogP contribution in [-0.4, -0.2) is 23.0 Å². The van der Waals surface area contributed by atoms with Crippen molar-refractivity contribution >= 4 is 46.2 Å². The predicted octanol–water partition coefficient (Wildman–Crippen LogP) is 5.07. The van der Waals surface area contributed by atoms with E-state index in [0.29, 0.717) is 29.0 Å². The standard InChI is InChI=1S/C19H17Cl2N5O2/c20-13-4-5-15(16(21)11-13)12-2-1-3-14(10-12)23-8-9-24-18-7-6-17(26(27)28)19(22)25-18/h1-7,10-11,23H,8-9H2,(H3,22,24,25). The number of benzene rings is 2. The lowest BCUT2D eigenvalue weighted by atomic mass is 10.1. The van der Waals surface area contributed by atoms with E-state index in [4.69, 9.17) is 28.9 Å². The van der Waals surface area contributed by atoms with Crippen LogP contribution < -0.4 is 16.4 Å². The van der Waals surface area contributed by atoms with E-state index in [-0.39, 0.29) is 11.5 Å². The molecule has 144 valence electrons. The molecular weight excluding hydrogens is 401 g/mol. The molecule has 0 spiro atoms. The fourth-order valence-corrected chi connectivity index (χ4v) is 3.16. The third-order valence-electron chi connectivity index (χ3n) is 3.96. The zero-order valence-corrected chi connectivity index (χ0v) is 16.2. The lowest BCUT2D eigenvalue weighted by Crippen LogP contribution is -2.14. The van der Waals surface area contributed by atoms with Gasteiger partial charge in [-0.1, -0.05) is 41.4 Å². The molecule has 1 aromatic heterocycles. The lowest BCUT2D eigenvalue weighted by Gasteiger charge is -2.11. The van der Waals surface area contributed by atoms with Gasteiger partial charge in [0.2, 0.25) is 5.82 Å². The van der Waals surface area contributed by atoms with Crippen LogP contribution in [0.3, 0.4) is 0 Å². The van der Waals surface area contributed by atoms with Crippen LogP contribution >= 0.6 is 23.2 Å². The Morgan fingerprint density at radius 2 is 1.82 bits per heavy atom. The summed E-state index contributed by atoms with van der Waals surface area (Å²) in [6, 6.07) is 16.1. The second-order valence-corrected chi connectivity index (χ2v) is 6.76. The first-order valence-electron chi connectivity index (χ1n) is 8.38. The minimum atomic E-state index is -0.562. The van der Waals surface area contributed by atoms with Gasteiger partial charge in [-0.25, -0.2) is 4.98 Å². The van der Waals surface area contributed by atoms with E-state index in [1.54, 1.807) is 12.1 Å². The number of anilines is 3. The fraction of sp³-hybridized carbons (Fsp3) is 0.105. The number of nitrogens with two attached hydrogens (primary N) is 1. The Kier molecular flexibility index (Phi) is 6.18. The molecule has 0 aliphatic rings. The predicted molar refractivity (Wildman–Crippen MR) is 114 cm³/mol. The Morgan fingerprint density at radius 3 is 2.54 bits per heavy atom. The highest BCUT2D eigenvalue weighted by Crippen LogP contribution is 2.31. The molecule has 9 heteroatoms. The summed E-state index contributed by atoms with van der Waals surface area (Å²) in [4.78, 5) is 14.2. The maximum absolute atomic E-state index is 10.8. The molecule has 4 N–H and O–H groups in total. The highest BCUT2D eigenvalue weighted by molar-refractivity contribution is 6.36. The first kappa shape index (κ1) is 19.7. The third kappa shape index (κ3) is 4.82. The number of hydrogen-bond donors (Lipinski definition) is 3. The van der Waals surface area contributed by atoms with Crippen LogP contribution in [0.25, 0.3) is 11.1 Å². The minimum absolute atomic E-state index is 0.115. The molecule has 0 atom stereocenters. The van der Waals surface area contributed by atoms with Crippen LogP contribution in [0.1, 0.15) is 0 Å². The number of nitrogens with zero attached hydrogens (tertiary/aromatic N) is 2. The molecule has 28 heavy (non-hydrogen) atoms. The zero-order valence-electron chi connectivity index (χ0n) is 14.7. The molecule has 0 radical (unpaired) electrons. The fourth-order valence-electron chi connectivity index (χ4n) is 2.64. The maximum Gasteiger partial charge on any atom is 0.311 e. The average molecular weight is 418 g/mol. The van der Waals surface area contributed by atoms with E-state index in [1.807, 2.05) is 30.3 Å². The highest BCUT2D eigenvalue weighted by Gasteiger charge is 2.12. The molecule has 2 aromatic carbocycles. The van der Waals surface area contributed by atoms with Crippen LogP contribution in [0.15, 0.2) is 54.6 Å². The maximum atomic E-state index is 10.8. The van der Waals surface area contributed by atoms with Crippen LogP contribution in [-0.2, 0) is 0 Å². The molecule has 3 rings (SSSR count). The molecule has 7 nitrogen and oxygen atoms in total. The number of hydrogen-bond acceptors (Lipinski definition) is 6. The van der Waals surface area contributed by atoms with Crippen LogP contribution in [0.4, 0.5) is 23.0 Å². The molecule has 1 heterocycles. The summed E-state index contributed by atoms with van der Waals surface area (Å²) >= 11 is 12.2. The molecule has 3 aromatic rings. The van der Waals surface area contributed by atoms with Crippen LogP contribution in [0, 0.1) is 10.1 Å². The van der Waals surface area contributed by atoms with Crippen molar-refractivity contribution in [2.24, 2.45) is 0 Å². The summed E-state index contributed by atoms with van der Waals surface area (Å²) in [5, 5.41) is 18.3. The summed E-state index contributed by atoms with van der Waals surface area (Å²) < 4.78 is 0. The number of aromatic nitrogens is 1. The first-order chi connectivity index (χ1) is 13.4. The van der Waals surface area contributed by atoms with Crippen molar-refractivity contribution in [3.8, 4) is 11.1 Å². The van der Waals surface area contributed by atoms with E-state index in [0.717, 1.165) is 16.8 Å². The third-order valence-corrected chi connectivity index (χ3v) is 4.51. The summed E-state index contributed by atoms with van der Waals surface area (Å²) in [6.45, 7) is 1.16. The van der Waals surface area contributed by atoms with Crippen molar-refractivity contribution in [1.29, 1.82) is 0 Å². The number of nitro groups is 1. The zero-order chi connectivity index (χ0) is 20.1. The number of pyridine rings is 1. The second-order valence-electron chi connectivity index (χ2n) is 5.92. The second kappa shape index (κ2) is 8.77. The van der Waals surface area contributed by atoms with E-state index < -0.39 is 4.92 Å². The Hall–Kier alpha value is -3.03. The molecule has 0 unspecified atom stereocenters. The van der Waals surface area contributed by atoms with Gasteiger partial charge in [0.05, 0.1) is 4.92 Å². The van der Waals surface area contributed by atoms with E-state index in [9.17, 15) is 10.1 Å². The quantitative estimate of drug-likeness (QED) is 0.281. The van der Waals surface area contributed by atoms with Gasteiger partial charge in [-0.05, 0) is 35.9 Å². The van der Waals surface area contributed by atoms with E-state index in [1.165, 1.54) is 12.1 Å². The van der Waals surface area contributed by atoms with Crippen molar-refractivity contribution in [3.05, 3.63) is 74.8 Å². The van der Waals surface area contributed by atoms with Gasteiger partial charge in [0.15, 0.2) is 0 Å². The van der Waals surface area contributed by atoms with Gasteiger partial charge in [-0.15, -0.1) is 0 Å². The van der Waals surface area contributed by atoms with Crippen LogP contribution in [0.5, 0.6) is 0 Å². The number of rotatable bonds is 7. The Labute approximate surface area is 171 Å². The lowest BCUT2D eigenvalue weighted by molar-refractivity contribution is -0.384. The number of nitrogen functional groups attached to an aromatic ring is 1. The summed E-state index contributed by atoms with van der Waals surface area (Å²) in [7, 11) is 0. The first-order valence-corrected chi connectivity index (χ1v) is 9.14. The van der Waals surface area contributed by atoms with Gasteiger partial charge < -0.3 is 16.4 Å². The molecule has 0 saturated heterocycles. The molecule has 0 amide bonds.